The number of alkyl halides is 3. The molecule has 4 aliphatic rings. The van der Waals surface area contributed by atoms with Crippen molar-refractivity contribution in [1.82, 2.24) is 9.99 Å². The van der Waals surface area contributed by atoms with E-state index < -0.39 is 59.0 Å². The average molecular weight is 663 g/mol. The Kier molecular flexibility index (Phi) is 6.69. The summed E-state index contributed by atoms with van der Waals surface area (Å²) in [4.78, 5) is 57.8. The number of imide groups is 1. The number of phenols is 1. The van der Waals surface area contributed by atoms with E-state index in [1.165, 1.54) is 25.3 Å². The summed E-state index contributed by atoms with van der Waals surface area (Å²) in [7, 11) is 1.24. The normalized spacial score (nSPS) is 25.6. The molecule has 2 heterocycles. The maximum absolute atomic E-state index is 14.0. The van der Waals surface area contributed by atoms with E-state index in [0.717, 1.165) is 16.1 Å². The van der Waals surface area contributed by atoms with Gasteiger partial charge in [0.15, 0.2) is 17.4 Å². The van der Waals surface area contributed by atoms with E-state index in [4.69, 9.17) is 11.6 Å². The van der Waals surface area contributed by atoms with E-state index >= 15 is 0 Å². The molecule has 1 fully saturated rings. The maximum atomic E-state index is 14.0. The summed E-state index contributed by atoms with van der Waals surface area (Å²) in [6.07, 6.45) is -1.61. The first-order chi connectivity index (χ1) is 19.8. The van der Waals surface area contributed by atoms with Crippen LogP contribution < -0.4 is 5.01 Å². The van der Waals surface area contributed by atoms with Crippen LogP contribution in [0, 0.1) is 17.8 Å². The zero-order valence-corrected chi connectivity index (χ0v) is 24.0. The van der Waals surface area contributed by atoms with Crippen LogP contribution in [0.25, 0.3) is 0 Å². The number of hydrazine groups is 1. The molecule has 8 nitrogen and oxygen atoms in total. The van der Waals surface area contributed by atoms with Gasteiger partial charge in [-0.1, -0.05) is 35.4 Å². The van der Waals surface area contributed by atoms with Gasteiger partial charge in [-0.15, -0.1) is 0 Å². The highest BCUT2D eigenvalue weighted by Crippen LogP contribution is 2.55. The number of fused-ring (bicyclic) bond motifs is 3. The lowest BCUT2D eigenvalue weighted by atomic mass is 9.59. The summed E-state index contributed by atoms with van der Waals surface area (Å²) in [6.45, 7) is 0. The number of aromatic nitrogens is 1. The Hall–Kier alpha value is -3.77. The molecule has 0 spiro atoms. The third-order valence-corrected chi connectivity index (χ3v) is 9.14. The van der Waals surface area contributed by atoms with Crippen molar-refractivity contribution in [2.24, 2.45) is 17.8 Å². The third-order valence-electron chi connectivity index (χ3n) is 8.26. The largest absolute Gasteiger partial charge is 0.508 e. The molecule has 4 atom stereocenters. The Bertz CT molecular complexity index is 1680. The van der Waals surface area contributed by atoms with Gasteiger partial charge in [0.05, 0.1) is 21.3 Å². The number of pyridine rings is 1. The van der Waals surface area contributed by atoms with Crippen molar-refractivity contribution >= 4 is 56.7 Å². The number of Topliss-reactive ketones (excluding diaryl/α,β-unsaturated/α-hetero) is 1. The average Bonchev–Trinajstić information content (AvgIpc) is 3.20. The van der Waals surface area contributed by atoms with Crippen LogP contribution in [0.4, 0.5) is 19.0 Å². The minimum absolute atomic E-state index is 0.00352. The summed E-state index contributed by atoms with van der Waals surface area (Å²) in [5.74, 6) is -5.65. The van der Waals surface area contributed by atoms with Gasteiger partial charge >= 0.3 is 6.18 Å². The maximum Gasteiger partial charge on any atom is 0.433 e. The minimum atomic E-state index is -4.78. The number of anilines is 1. The summed E-state index contributed by atoms with van der Waals surface area (Å²) in [5, 5.41) is 11.4. The molecular weight excluding hydrogens is 643 g/mol. The number of ketones is 2. The molecule has 1 saturated heterocycles. The van der Waals surface area contributed by atoms with Crippen LogP contribution in [0.1, 0.15) is 30.0 Å². The van der Waals surface area contributed by atoms with E-state index in [1.807, 2.05) is 6.08 Å². The number of halogens is 5. The molecule has 0 saturated carbocycles. The number of hydrogen-bond acceptors (Lipinski definition) is 7. The van der Waals surface area contributed by atoms with Gasteiger partial charge in [-0.2, -0.15) is 18.2 Å². The Morgan fingerprint density at radius 1 is 1.05 bits per heavy atom. The van der Waals surface area contributed by atoms with Gasteiger partial charge in [0, 0.05) is 30.2 Å². The van der Waals surface area contributed by atoms with Crippen LogP contribution in [-0.2, 0) is 25.4 Å². The second-order valence-corrected chi connectivity index (χ2v) is 11.8. The Morgan fingerprint density at radius 3 is 2.40 bits per heavy atom. The van der Waals surface area contributed by atoms with Gasteiger partial charge in [0.2, 0.25) is 0 Å². The van der Waals surface area contributed by atoms with Gasteiger partial charge < -0.3 is 5.11 Å². The molecule has 13 heteroatoms. The zero-order chi connectivity index (χ0) is 30.2. The fourth-order valence-electron chi connectivity index (χ4n) is 6.44. The van der Waals surface area contributed by atoms with Crippen molar-refractivity contribution in [3.05, 3.63) is 86.0 Å². The Labute approximate surface area is 250 Å². The number of rotatable bonds is 3. The number of amides is 2. The van der Waals surface area contributed by atoms with Gasteiger partial charge in [-0.05, 0) is 64.5 Å². The number of carbonyl (C=O) groups is 4. The number of phenolic OH excluding ortho intramolecular Hbond substituents is 1. The third kappa shape index (κ3) is 4.30. The Morgan fingerprint density at radius 2 is 1.74 bits per heavy atom. The van der Waals surface area contributed by atoms with Crippen molar-refractivity contribution in [2.75, 3.05) is 12.1 Å². The number of carbonyl (C=O) groups excluding carboxylic acids is 4. The highest BCUT2D eigenvalue weighted by atomic mass is 79.9. The van der Waals surface area contributed by atoms with Crippen LogP contribution in [0.3, 0.4) is 0 Å². The molecule has 6 rings (SSSR count). The van der Waals surface area contributed by atoms with Gasteiger partial charge in [0.1, 0.15) is 11.4 Å². The molecule has 1 N–H and O–H groups in total. The second-order valence-electron chi connectivity index (χ2n) is 10.5. The number of benzene rings is 1. The van der Waals surface area contributed by atoms with Crippen LogP contribution in [0.5, 0.6) is 5.75 Å². The van der Waals surface area contributed by atoms with Crippen molar-refractivity contribution in [3.8, 4) is 5.75 Å². The van der Waals surface area contributed by atoms with Gasteiger partial charge in [-0.25, -0.2) is 4.98 Å². The van der Waals surface area contributed by atoms with Crippen LogP contribution in [-0.4, -0.2) is 45.5 Å². The first-order valence-corrected chi connectivity index (χ1v) is 14.0. The predicted octanol–water partition coefficient (Wildman–Crippen LogP) is 5.27. The smallest absolute Gasteiger partial charge is 0.433 e. The molecule has 0 radical (unpaired) electrons. The Balaban J connectivity index is 1.42. The predicted molar refractivity (Wildman–Crippen MR) is 147 cm³/mol. The number of allylic oxidation sites excluding steroid dienone is 6. The number of nitrogens with zero attached hydrogens (tertiary/aromatic N) is 3. The lowest BCUT2D eigenvalue weighted by Gasteiger charge is -2.42. The molecule has 2 aromatic rings. The molecule has 0 unspecified atom stereocenters. The molecule has 2 amide bonds. The SMILES string of the molecule is CN(c1nc(C(F)(F)F)ccc1Cl)N1C(=O)[C@H]2[C@H](CC=C3[C@H](c4ccc(O)cc4)C4=C(C[C@H]32)C(=O)C(Br)=CC4=O)C1=O. The van der Waals surface area contributed by atoms with Crippen molar-refractivity contribution < 1.29 is 37.5 Å². The molecule has 1 aromatic heterocycles. The van der Waals surface area contributed by atoms with E-state index in [9.17, 15) is 37.5 Å². The number of aromatic hydroxyl groups is 1. The monoisotopic (exact) mass is 661 g/mol. The van der Waals surface area contributed by atoms with Crippen molar-refractivity contribution in [3.63, 3.8) is 0 Å². The molecule has 0 bridgehead atoms. The highest BCUT2D eigenvalue weighted by molar-refractivity contribution is 9.12. The quantitative estimate of drug-likeness (QED) is 0.271. The van der Waals surface area contributed by atoms with Crippen molar-refractivity contribution in [2.45, 2.75) is 24.9 Å². The second kappa shape index (κ2) is 9.91. The van der Waals surface area contributed by atoms with Crippen LogP contribution in [0.15, 0.2) is 69.8 Å². The van der Waals surface area contributed by atoms with Gasteiger partial charge in [-0.3, -0.25) is 24.2 Å². The topological polar surface area (TPSA) is 108 Å². The molecule has 216 valence electrons. The first kappa shape index (κ1) is 28.4. The van der Waals surface area contributed by atoms with E-state index in [2.05, 4.69) is 20.9 Å². The lowest BCUT2D eigenvalue weighted by molar-refractivity contribution is -0.141. The first-order valence-electron chi connectivity index (χ1n) is 12.8. The van der Waals surface area contributed by atoms with Crippen molar-refractivity contribution in [1.29, 1.82) is 0 Å². The minimum Gasteiger partial charge on any atom is -0.508 e. The fourth-order valence-corrected chi connectivity index (χ4v) is 7.12. The standard InChI is InChI=1S/C29H20BrClF3N3O5/c1-36(26-19(31)8-9-21(35-26)29(32,33)34)37-27(41)15-7-6-14-16(23(15)28(37)42)10-17-24(20(39)11-18(30)25(17)40)22(14)12-2-4-13(38)5-3-12/h2-6,8-9,11,15-16,22-23,38H,7,10H2,1H3/t15-,16+,22-,23-/m0/s1. The molecule has 1 aromatic carbocycles. The van der Waals surface area contributed by atoms with E-state index in [0.29, 0.717) is 17.2 Å². The van der Waals surface area contributed by atoms with Gasteiger partial charge in [0.25, 0.3) is 11.8 Å². The van der Waals surface area contributed by atoms with E-state index in [1.54, 1.807) is 12.1 Å². The lowest BCUT2D eigenvalue weighted by Crippen LogP contribution is -2.46. The summed E-state index contributed by atoms with van der Waals surface area (Å²) >= 11 is 9.32. The fraction of sp³-hybridized carbons (Fsp3) is 0.276. The molecular formula is C29H20BrClF3N3O5. The van der Waals surface area contributed by atoms with E-state index in [-0.39, 0.29) is 45.0 Å². The summed E-state index contributed by atoms with van der Waals surface area (Å²) in [6, 6.07) is 7.88. The molecule has 42 heavy (non-hydrogen) atoms. The van der Waals surface area contributed by atoms with Crippen LogP contribution in [0.2, 0.25) is 5.02 Å². The van der Waals surface area contributed by atoms with Crippen LogP contribution >= 0.6 is 27.5 Å². The summed E-state index contributed by atoms with van der Waals surface area (Å²) in [5.41, 5.74) is 0.573. The highest BCUT2D eigenvalue weighted by Gasteiger charge is 2.57. The number of hydrogen-bond donors (Lipinski definition) is 1. The zero-order valence-electron chi connectivity index (χ0n) is 21.7. The summed E-state index contributed by atoms with van der Waals surface area (Å²) < 4.78 is 40.2. The molecule has 1 aliphatic heterocycles. The molecule has 3 aliphatic carbocycles.